The fourth-order valence-corrected chi connectivity index (χ4v) is 2.92. The van der Waals surface area contributed by atoms with E-state index in [9.17, 15) is 9.59 Å². The van der Waals surface area contributed by atoms with Crippen LogP contribution in [0, 0.1) is 13.8 Å². The highest BCUT2D eigenvalue weighted by Crippen LogP contribution is 2.23. The van der Waals surface area contributed by atoms with E-state index in [1.54, 1.807) is 12.1 Å². The number of para-hydroxylation sites is 1. The second-order valence-electron chi connectivity index (χ2n) is 6.40. The van der Waals surface area contributed by atoms with Gasteiger partial charge in [-0.15, -0.1) is 0 Å². The van der Waals surface area contributed by atoms with E-state index in [1.165, 1.54) is 6.92 Å². The number of hydrogen-bond acceptors (Lipinski definition) is 3. The molecule has 3 aromatic rings. The van der Waals surface area contributed by atoms with Gasteiger partial charge in [-0.25, -0.2) is 4.68 Å². The van der Waals surface area contributed by atoms with Crippen molar-refractivity contribution < 1.29 is 9.59 Å². The van der Waals surface area contributed by atoms with Crippen LogP contribution in [0.3, 0.4) is 0 Å². The third-order valence-corrected chi connectivity index (χ3v) is 4.20. The SMILES string of the molecule is CC(=O)Nc1ccc(CC(=O)Nc2c(C)nn(-c3ccccc3)c2C)cc1. The highest BCUT2D eigenvalue weighted by molar-refractivity contribution is 5.93. The van der Waals surface area contributed by atoms with Crippen molar-refractivity contribution in [1.82, 2.24) is 9.78 Å². The third kappa shape index (κ3) is 4.41. The van der Waals surface area contributed by atoms with E-state index in [0.717, 1.165) is 28.3 Å². The number of carbonyl (C=O) groups is 2. The largest absolute Gasteiger partial charge is 0.326 e. The normalized spacial score (nSPS) is 10.5. The van der Waals surface area contributed by atoms with Gasteiger partial charge in [0.25, 0.3) is 0 Å². The highest BCUT2D eigenvalue weighted by Gasteiger charge is 2.15. The second-order valence-corrected chi connectivity index (χ2v) is 6.40. The van der Waals surface area contributed by atoms with E-state index in [2.05, 4.69) is 15.7 Å². The van der Waals surface area contributed by atoms with Crippen LogP contribution in [-0.2, 0) is 16.0 Å². The summed E-state index contributed by atoms with van der Waals surface area (Å²) in [6.07, 6.45) is 0.246. The van der Waals surface area contributed by atoms with Crippen molar-refractivity contribution >= 4 is 23.2 Å². The zero-order valence-electron chi connectivity index (χ0n) is 15.6. The Morgan fingerprint density at radius 2 is 1.63 bits per heavy atom. The fourth-order valence-electron chi connectivity index (χ4n) is 2.92. The molecule has 2 N–H and O–H groups in total. The molecule has 0 atom stereocenters. The first kappa shape index (κ1) is 18.4. The molecule has 0 radical (unpaired) electrons. The summed E-state index contributed by atoms with van der Waals surface area (Å²) in [5.74, 6) is -0.233. The molecule has 0 unspecified atom stereocenters. The molecule has 0 spiro atoms. The molecular weight excluding hydrogens is 340 g/mol. The van der Waals surface area contributed by atoms with Crippen molar-refractivity contribution in [2.45, 2.75) is 27.2 Å². The minimum atomic E-state index is -0.123. The molecule has 1 aromatic heterocycles. The first-order valence-electron chi connectivity index (χ1n) is 8.72. The van der Waals surface area contributed by atoms with Crippen LogP contribution in [-0.4, -0.2) is 21.6 Å². The molecule has 0 fully saturated rings. The fraction of sp³-hybridized carbons (Fsp3) is 0.190. The summed E-state index contributed by atoms with van der Waals surface area (Å²) in [7, 11) is 0. The highest BCUT2D eigenvalue weighted by atomic mass is 16.2. The van der Waals surface area contributed by atoms with Gasteiger partial charge in [-0.2, -0.15) is 5.10 Å². The number of carbonyl (C=O) groups excluding carboxylic acids is 2. The lowest BCUT2D eigenvalue weighted by atomic mass is 10.1. The minimum absolute atomic E-state index is 0.110. The topological polar surface area (TPSA) is 76.0 Å². The van der Waals surface area contributed by atoms with Gasteiger partial charge in [0.2, 0.25) is 11.8 Å². The molecule has 2 amide bonds. The van der Waals surface area contributed by atoms with Gasteiger partial charge in [-0.1, -0.05) is 30.3 Å². The number of nitrogens with one attached hydrogen (secondary N) is 2. The average Bonchev–Trinajstić information content (AvgIpc) is 2.92. The summed E-state index contributed by atoms with van der Waals surface area (Å²) in [5.41, 5.74) is 4.92. The molecule has 0 saturated heterocycles. The van der Waals surface area contributed by atoms with Gasteiger partial charge in [0, 0.05) is 12.6 Å². The molecule has 6 heteroatoms. The number of nitrogens with zero attached hydrogens (tertiary/aromatic N) is 2. The van der Waals surface area contributed by atoms with Gasteiger partial charge in [0.05, 0.1) is 29.2 Å². The standard InChI is InChI=1S/C21H22N4O2/c1-14-21(15(2)25(24-14)19-7-5-4-6-8-19)23-20(27)13-17-9-11-18(12-10-17)22-16(3)26/h4-12H,13H2,1-3H3,(H,22,26)(H,23,27). The molecule has 3 rings (SSSR count). The second kappa shape index (κ2) is 7.86. The lowest BCUT2D eigenvalue weighted by molar-refractivity contribution is -0.116. The molecule has 6 nitrogen and oxygen atoms in total. The molecule has 0 bridgehead atoms. The van der Waals surface area contributed by atoms with E-state index in [-0.39, 0.29) is 18.2 Å². The van der Waals surface area contributed by atoms with Crippen molar-refractivity contribution in [3.05, 3.63) is 71.5 Å². The molecular formula is C21H22N4O2. The summed E-state index contributed by atoms with van der Waals surface area (Å²) in [5, 5.41) is 10.2. The maximum absolute atomic E-state index is 12.5. The van der Waals surface area contributed by atoms with Crippen LogP contribution in [0.5, 0.6) is 0 Å². The molecule has 2 aromatic carbocycles. The zero-order valence-corrected chi connectivity index (χ0v) is 15.6. The number of hydrogen-bond donors (Lipinski definition) is 2. The maximum atomic E-state index is 12.5. The number of aromatic nitrogens is 2. The van der Waals surface area contributed by atoms with Gasteiger partial charge >= 0.3 is 0 Å². The summed E-state index contributed by atoms with van der Waals surface area (Å²) in [6.45, 7) is 5.27. The van der Waals surface area contributed by atoms with Gasteiger partial charge in [-0.05, 0) is 43.7 Å². The van der Waals surface area contributed by atoms with Crippen LogP contribution in [0.25, 0.3) is 5.69 Å². The van der Waals surface area contributed by atoms with E-state index in [1.807, 2.05) is 61.0 Å². The summed E-state index contributed by atoms with van der Waals surface area (Å²) in [6, 6.07) is 17.0. The van der Waals surface area contributed by atoms with E-state index >= 15 is 0 Å². The number of aryl methyl sites for hydroxylation is 1. The Labute approximate surface area is 158 Å². The van der Waals surface area contributed by atoms with Crippen molar-refractivity contribution in [2.24, 2.45) is 0 Å². The lowest BCUT2D eigenvalue weighted by Gasteiger charge is -2.08. The lowest BCUT2D eigenvalue weighted by Crippen LogP contribution is -2.15. The Hall–Kier alpha value is -3.41. The van der Waals surface area contributed by atoms with Crippen molar-refractivity contribution in [3.63, 3.8) is 0 Å². The smallest absolute Gasteiger partial charge is 0.228 e. The quantitative estimate of drug-likeness (QED) is 0.728. The van der Waals surface area contributed by atoms with Crippen molar-refractivity contribution in [2.75, 3.05) is 10.6 Å². The van der Waals surface area contributed by atoms with Gasteiger partial charge in [-0.3, -0.25) is 9.59 Å². The molecule has 138 valence electrons. The van der Waals surface area contributed by atoms with Crippen molar-refractivity contribution in [1.29, 1.82) is 0 Å². The zero-order chi connectivity index (χ0) is 19.4. The Morgan fingerprint density at radius 1 is 0.963 bits per heavy atom. The molecule has 0 aliphatic heterocycles. The van der Waals surface area contributed by atoms with Crippen LogP contribution in [0.2, 0.25) is 0 Å². The Morgan fingerprint density at radius 3 is 2.26 bits per heavy atom. The third-order valence-electron chi connectivity index (χ3n) is 4.20. The number of rotatable bonds is 5. The molecule has 0 aliphatic carbocycles. The first-order chi connectivity index (χ1) is 12.9. The van der Waals surface area contributed by atoms with Crippen LogP contribution in [0.1, 0.15) is 23.9 Å². The molecule has 0 aliphatic rings. The Bertz CT molecular complexity index is 960. The van der Waals surface area contributed by atoms with E-state index in [0.29, 0.717) is 5.69 Å². The maximum Gasteiger partial charge on any atom is 0.228 e. The monoisotopic (exact) mass is 362 g/mol. The predicted molar refractivity (Wildman–Crippen MR) is 106 cm³/mol. The average molecular weight is 362 g/mol. The predicted octanol–water partition coefficient (Wildman–Crippen LogP) is 3.63. The first-order valence-corrected chi connectivity index (χ1v) is 8.72. The number of amides is 2. The number of anilines is 2. The van der Waals surface area contributed by atoms with E-state index < -0.39 is 0 Å². The molecule has 1 heterocycles. The summed E-state index contributed by atoms with van der Waals surface area (Å²) >= 11 is 0. The van der Waals surface area contributed by atoms with Crippen LogP contribution >= 0.6 is 0 Å². The van der Waals surface area contributed by atoms with Gasteiger partial charge in [0.15, 0.2) is 0 Å². The van der Waals surface area contributed by atoms with Gasteiger partial charge < -0.3 is 10.6 Å². The summed E-state index contributed by atoms with van der Waals surface area (Å²) < 4.78 is 1.83. The van der Waals surface area contributed by atoms with Crippen LogP contribution in [0.15, 0.2) is 54.6 Å². The Kier molecular flexibility index (Phi) is 5.35. The van der Waals surface area contributed by atoms with Crippen LogP contribution in [0.4, 0.5) is 11.4 Å². The van der Waals surface area contributed by atoms with Crippen molar-refractivity contribution in [3.8, 4) is 5.69 Å². The van der Waals surface area contributed by atoms with Crippen LogP contribution < -0.4 is 10.6 Å². The summed E-state index contributed by atoms with van der Waals surface area (Å²) in [4.78, 5) is 23.5. The minimum Gasteiger partial charge on any atom is -0.326 e. The molecule has 27 heavy (non-hydrogen) atoms. The number of benzene rings is 2. The van der Waals surface area contributed by atoms with Gasteiger partial charge in [0.1, 0.15) is 0 Å². The Balaban J connectivity index is 1.71. The van der Waals surface area contributed by atoms with E-state index in [4.69, 9.17) is 0 Å². The molecule has 0 saturated carbocycles.